The van der Waals surface area contributed by atoms with Crippen LogP contribution in [0.1, 0.15) is 26.3 Å². The van der Waals surface area contributed by atoms with Crippen LogP contribution in [0.3, 0.4) is 0 Å². The van der Waals surface area contributed by atoms with Crippen LogP contribution in [0.5, 0.6) is 11.5 Å². The van der Waals surface area contributed by atoms with Crippen LogP contribution in [0.25, 0.3) is 6.08 Å². The molecule has 0 saturated carbocycles. The smallest absolute Gasteiger partial charge is 0.326 e. The predicted molar refractivity (Wildman–Crippen MR) is 83.0 cm³/mol. The molecule has 0 unspecified atom stereocenters. The summed E-state index contributed by atoms with van der Waals surface area (Å²) >= 11 is 6.24. The van der Waals surface area contributed by atoms with Gasteiger partial charge in [0.2, 0.25) is 0 Å². The van der Waals surface area contributed by atoms with Crippen molar-refractivity contribution in [3.63, 3.8) is 0 Å². The van der Waals surface area contributed by atoms with Crippen molar-refractivity contribution in [1.82, 2.24) is 10.6 Å². The Morgan fingerprint density at radius 3 is 2.55 bits per heavy atom. The number of benzene rings is 1. The maximum absolute atomic E-state index is 11.5. The predicted octanol–water partition coefficient (Wildman–Crippen LogP) is 2.71. The van der Waals surface area contributed by atoms with Crippen LogP contribution in [-0.4, -0.2) is 24.6 Å². The fourth-order valence-electron chi connectivity index (χ4n) is 1.93. The number of nitrogens with one attached hydrogen (secondary N) is 2. The summed E-state index contributed by atoms with van der Waals surface area (Å²) in [6, 6.07) is 2.80. The van der Waals surface area contributed by atoms with E-state index in [4.69, 9.17) is 21.1 Å². The minimum Gasteiger partial charge on any atom is -0.490 e. The summed E-state index contributed by atoms with van der Waals surface area (Å²) in [6.07, 6.45) is 1.47. The van der Waals surface area contributed by atoms with Crippen LogP contribution in [0.2, 0.25) is 5.02 Å². The molecule has 1 aliphatic rings. The molecule has 118 valence electrons. The average molecular weight is 325 g/mol. The Balaban J connectivity index is 2.40. The average Bonchev–Trinajstić information content (AvgIpc) is 2.72. The molecular formula is C15H17ClN2O4. The quantitative estimate of drug-likeness (QED) is 0.645. The number of urea groups is 1. The van der Waals surface area contributed by atoms with Crippen LogP contribution < -0.4 is 20.1 Å². The third-order valence-corrected chi connectivity index (χ3v) is 3.00. The number of imide groups is 1. The number of rotatable bonds is 5. The molecular weight excluding hydrogens is 308 g/mol. The van der Waals surface area contributed by atoms with E-state index in [-0.39, 0.29) is 11.8 Å². The zero-order chi connectivity index (χ0) is 16.3. The largest absolute Gasteiger partial charge is 0.490 e. The summed E-state index contributed by atoms with van der Waals surface area (Å²) in [6.45, 7) is 6.07. The van der Waals surface area contributed by atoms with E-state index >= 15 is 0 Å². The monoisotopic (exact) mass is 324 g/mol. The van der Waals surface area contributed by atoms with E-state index in [9.17, 15) is 9.59 Å². The van der Waals surface area contributed by atoms with Gasteiger partial charge in [-0.05, 0) is 44.5 Å². The lowest BCUT2D eigenvalue weighted by Gasteiger charge is -2.16. The molecule has 6 nitrogen and oxygen atoms in total. The van der Waals surface area contributed by atoms with E-state index in [1.54, 1.807) is 12.1 Å². The Kier molecular flexibility index (Phi) is 4.92. The van der Waals surface area contributed by atoms with Gasteiger partial charge in [0.25, 0.3) is 5.91 Å². The maximum Gasteiger partial charge on any atom is 0.326 e. The van der Waals surface area contributed by atoms with Gasteiger partial charge in [0.1, 0.15) is 5.70 Å². The van der Waals surface area contributed by atoms with Crippen molar-refractivity contribution in [2.45, 2.75) is 26.9 Å². The Bertz CT molecular complexity index is 641. The summed E-state index contributed by atoms with van der Waals surface area (Å²) in [5.74, 6) is 0.461. The maximum atomic E-state index is 11.5. The first-order chi connectivity index (χ1) is 10.4. The summed E-state index contributed by atoms with van der Waals surface area (Å²) < 4.78 is 11.2. The minimum atomic E-state index is -0.549. The van der Waals surface area contributed by atoms with Crippen molar-refractivity contribution >= 4 is 29.6 Å². The van der Waals surface area contributed by atoms with Gasteiger partial charge in [-0.3, -0.25) is 10.1 Å². The third kappa shape index (κ3) is 3.71. The van der Waals surface area contributed by atoms with Crippen molar-refractivity contribution < 1.29 is 19.1 Å². The molecule has 0 atom stereocenters. The molecule has 2 N–H and O–H groups in total. The number of ether oxygens (including phenoxy) is 2. The van der Waals surface area contributed by atoms with E-state index in [1.165, 1.54) is 6.08 Å². The van der Waals surface area contributed by atoms with Gasteiger partial charge >= 0.3 is 6.03 Å². The highest BCUT2D eigenvalue weighted by atomic mass is 35.5. The molecule has 0 spiro atoms. The van der Waals surface area contributed by atoms with Crippen molar-refractivity contribution in [3.05, 3.63) is 28.4 Å². The van der Waals surface area contributed by atoms with E-state index in [0.29, 0.717) is 28.7 Å². The van der Waals surface area contributed by atoms with Gasteiger partial charge in [0.05, 0.1) is 17.7 Å². The van der Waals surface area contributed by atoms with Crippen LogP contribution in [-0.2, 0) is 4.79 Å². The summed E-state index contributed by atoms with van der Waals surface area (Å²) in [7, 11) is 0. The second-order valence-corrected chi connectivity index (χ2v) is 5.30. The second kappa shape index (κ2) is 6.70. The normalized spacial score (nSPS) is 16.0. The van der Waals surface area contributed by atoms with Crippen molar-refractivity contribution in [2.75, 3.05) is 6.61 Å². The highest BCUT2D eigenvalue weighted by molar-refractivity contribution is 6.32. The molecule has 1 aliphatic heterocycles. The molecule has 0 aliphatic carbocycles. The number of hydrogen-bond donors (Lipinski definition) is 2. The number of carbonyl (C=O) groups is 2. The van der Waals surface area contributed by atoms with E-state index < -0.39 is 11.9 Å². The van der Waals surface area contributed by atoms with Crippen molar-refractivity contribution in [1.29, 1.82) is 0 Å². The molecule has 0 bridgehead atoms. The van der Waals surface area contributed by atoms with Crippen molar-refractivity contribution in [2.24, 2.45) is 0 Å². The number of hydrogen-bond acceptors (Lipinski definition) is 4. The molecule has 1 saturated heterocycles. The first-order valence-corrected chi connectivity index (χ1v) is 7.25. The summed E-state index contributed by atoms with van der Waals surface area (Å²) in [5, 5.41) is 4.92. The molecule has 0 radical (unpaired) electrons. The van der Waals surface area contributed by atoms with Crippen molar-refractivity contribution in [3.8, 4) is 11.5 Å². The Morgan fingerprint density at radius 2 is 2.00 bits per heavy atom. The summed E-state index contributed by atoms with van der Waals surface area (Å²) in [4.78, 5) is 22.7. The standard InChI is InChI=1S/C15H17ClN2O4/c1-4-21-12-7-9(5-10(16)13(12)22-8(2)3)6-11-14(19)18-15(20)17-11/h5-8H,4H2,1-3H3,(H2,17,18,19,20)/b11-6-. The highest BCUT2D eigenvalue weighted by Gasteiger charge is 2.23. The first-order valence-electron chi connectivity index (χ1n) is 6.87. The Labute approximate surface area is 133 Å². The van der Waals surface area contributed by atoms with Gasteiger partial charge in [-0.15, -0.1) is 0 Å². The van der Waals surface area contributed by atoms with Crippen LogP contribution in [0.4, 0.5) is 4.79 Å². The first kappa shape index (κ1) is 16.2. The van der Waals surface area contributed by atoms with E-state index in [1.807, 2.05) is 20.8 Å². The molecule has 2 rings (SSSR count). The fraction of sp³-hybridized carbons (Fsp3) is 0.333. The molecule has 22 heavy (non-hydrogen) atoms. The van der Waals surface area contributed by atoms with E-state index in [0.717, 1.165) is 0 Å². The zero-order valence-corrected chi connectivity index (χ0v) is 13.3. The van der Waals surface area contributed by atoms with Gasteiger partial charge in [-0.1, -0.05) is 11.6 Å². The van der Waals surface area contributed by atoms with Gasteiger partial charge in [0.15, 0.2) is 11.5 Å². The SMILES string of the molecule is CCOc1cc(/C=C2\NC(=O)NC2=O)cc(Cl)c1OC(C)C. The van der Waals surface area contributed by atoms with Gasteiger partial charge in [-0.2, -0.15) is 0 Å². The lowest BCUT2D eigenvalue weighted by atomic mass is 10.1. The fourth-order valence-corrected chi connectivity index (χ4v) is 2.20. The molecule has 1 fully saturated rings. The molecule has 7 heteroatoms. The third-order valence-electron chi connectivity index (χ3n) is 2.72. The van der Waals surface area contributed by atoms with Gasteiger partial charge < -0.3 is 14.8 Å². The van der Waals surface area contributed by atoms with Crippen LogP contribution in [0, 0.1) is 0 Å². The lowest BCUT2D eigenvalue weighted by molar-refractivity contribution is -0.115. The molecule has 1 aromatic carbocycles. The number of halogens is 1. The molecule has 3 amide bonds. The number of carbonyl (C=O) groups excluding carboxylic acids is 2. The molecule has 0 aromatic heterocycles. The highest BCUT2D eigenvalue weighted by Crippen LogP contribution is 2.38. The Morgan fingerprint density at radius 1 is 1.27 bits per heavy atom. The van der Waals surface area contributed by atoms with Crippen LogP contribution >= 0.6 is 11.6 Å². The zero-order valence-electron chi connectivity index (χ0n) is 12.5. The Hall–Kier alpha value is -2.21. The molecule has 1 aromatic rings. The van der Waals surface area contributed by atoms with Crippen LogP contribution in [0.15, 0.2) is 17.8 Å². The minimum absolute atomic E-state index is 0.0548. The summed E-state index contributed by atoms with van der Waals surface area (Å²) in [5.41, 5.74) is 0.776. The van der Waals surface area contributed by atoms with Gasteiger partial charge in [0, 0.05) is 0 Å². The topological polar surface area (TPSA) is 76.7 Å². The van der Waals surface area contributed by atoms with Gasteiger partial charge in [-0.25, -0.2) is 4.79 Å². The lowest BCUT2D eigenvalue weighted by Crippen LogP contribution is -2.22. The second-order valence-electron chi connectivity index (χ2n) is 4.90. The number of amides is 3. The molecule has 1 heterocycles. The van der Waals surface area contributed by atoms with E-state index in [2.05, 4.69) is 10.6 Å².